The van der Waals surface area contributed by atoms with Gasteiger partial charge in [0.2, 0.25) is 0 Å². The predicted octanol–water partition coefficient (Wildman–Crippen LogP) is 0.729. The molecule has 1 aliphatic rings. The van der Waals surface area contributed by atoms with E-state index in [-0.39, 0.29) is 12.7 Å². The van der Waals surface area contributed by atoms with Crippen molar-refractivity contribution in [1.29, 1.82) is 0 Å². The van der Waals surface area contributed by atoms with Gasteiger partial charge in [-0.3, -0.25) is 4.90 Å². The van der Waals surface area contributed by atoms with Crippen LogP contribution in [0.25, 0.3) is 0 Å². The van der Waals surface area contributed by atoms with Crippen LogP contribution in [0.4, 0.5) is 5.69 Å². The molecule has 0 radical (unpaired) electrons. The number of hydrogen-bond donors (Lipinski definition) is 2. The van der Waals surface area contributed by atoms with Gasteiger partial charge in [-0.15, -0.1) is 0 Å². The van der Waals surface area contributed by atoms with Gasteiger partial charge < -0.3 is 20.3 Å². The van der Waals surface area contributed by atoms with E-state index >= 15 is 0 Å². The molecule has 0 aliphatic carbocycles. The van der Waals surface area contributed by atoms with Crippen LogP contribution >= 0.6 is 0 Å². The number of β-amino-alcohol motifs (C(OH)–C–C–N with tert-alkyl or cyclic N) is 1. The number of nitrogens with two attached hydrogens (primary N) is 1. The Bertz CT molecular complexity index is 383. The zero-order chi connectivity index (χ0) is 13.7. The number of ether oxygens (including phenoxy) is 2. The third-order valence-electron chi connectivity index (χ3n) is 3.12. The van der Waals surface area contributed by atoms with Gasteiger partial charge in [-0.2, -0.15) is 0 Å². The molecule has 1 fully saturated rings. The smallest absolute Gasteiger partial charge is 0.119 e. The second-order valence-electron chi connectivity index (χ2n) is 4.97. The van der Waals surface area contributed by atoms with Crippen LogP contribution in [0.1, 0.15) is 6.92 Å². The summed E-state index contributed by atoms with van der Waals surface area (Å²) in [4.78, 5) is 2.20. The Balaban J connectivity index is 1.72. The van der Waals surface area contributed by atoms with Crippen molar-refractivity contribution in [3.05, 3.63) is 24.3 Å². The molecule has 106 valence electrons. The Morgan fingerprint density at radius 1 is 1.47 bits per heavy atom. The summed E-state index contributed by atoms with van der Waals surface area (Å²) in [5.74, 6) is 0.726. The number of hydrogen-bond acceptors (Lipinski definition) is 5. The molecular weight excluding hydrogens is 244 g/mol. The molecule has 5 heteroatoms. The zero-order valence-corrected chi connectivity index (χ0v) is 11.3. The second kappa shape index (κ2) is 6.75. The van der Waals surface area contributed by atoms with Crippen molar-refractivity contribution < 1.29 is 14.6 Å². The highest BCUT2D eigenvalue weighted by Gasteiger charge is 2.19. The lowest BCUT2D eigenvalue weighted by atomic mass is 10.2. The van der Waals surface area contributed by atoms with Crippen LogP contribution in [0.5, 0.6) is 5.75 Å². The maximum Gasteiger partial charge on any atom is 0.119 e. The van der Waals surface area contributed by atoms with E-state index in [0.29, 0.717) is 12.2 Å². The van der Waals surface area contributed by atoms with Gasteiger partial charge in [-0.1, -0.05) is 0 Å². The molecule has 2 rings (SSSR count). The minimum absolute atomic E-state index is 0.235. The Kier molecular flexibility index (Phi) is 5.01. The van der Waals surface area contributed by atoms with Crippen molar-refractivity contribution in [2.45, 2.75) is 19.1 Å². The lowest BCUT2D eigenvalue weighted by Gasteiger charge is -2.32. The first-order valence-electron chi connectivity index (χ1n) is 6.64. The van der Waals surface area contributed by atoms with E-state index in [0.717, 1.165) is 25.4 Å². The number of morpholine rings is 1. The summed E-state index contributed by atoms with van der Waals surface area (Å²) in [7, 11) is 0. The summed E-state index contributed by atoms with van der Waals surface area (Å²) < 4.78 is 11.0. The van der Waals surface area contributed by atoms with Crippen molar-refractivity contribution in [2.24, 2.45) is 0 Å². The molecule has 5 nitrogen and oxygen atoms in total. The maximum atomic E-state index is 9.97. The van der Waals surface area contributed by atoms with Crippen LogP contribution in [0, 0.1) is 0 Å². The van der Waals surface area contributed by atoms with Crippen molar-refractivity contribution in [3.8, 4) is 5.75 Å². The number of nitrogens with zero attached hydrogens (tertiary/aromatic N) is 1. The molecule has 0 bridgehead atoms. The van der Waals surface area contributed by atoms with E-state index in [1.807, 2.05) is 6.92 Å². The maximum absolute atomic E-state index is 9.97. The fourth-order valence-electron chi connectivity index (χ4n) is 2.16. The number of benzene rings is 1. The number of aliphatic hydroxyl groups is 1. The first-order chi connectivity index (χ1) is 9.13. The van der Waals surface area contributed by atoms with Crippen molar-refractivity contribution in [1.82, 2.24) is 4.90 Å². The van der Waals surface area contributed by atoms with Crippen molar-refractivity contribution >= 4 is 5.69 Å². The van der Waals surface area contributed by atoms with E-state index in [1.54, 1.807) is 24.3 Å². The van der Waals surface area contributed by atoms with E-state index in [1.165, 1.54) is 0 Å². The van der Waals surface area contributed by atoms with Gasteiger partial charge in [0.25, 0.3) is 0 Å². The van der Waals surface area contributed by atoms with E-state index in [4.69, 9.17) is 15.2 Å². The van der Waals surface area contributed by atoms with Crippen molar-refractivity contribution in [2.75, 3.05) is 38.6 Å². The normalized spacial score (nSPS) is 22.1. The van der Waals surface area contributed by atoms with E-state index in [2.05, 4.69) is 4.90 Å². The SMILES string of the molecule is CC1CN(CC(O)COc2ccc(N)cc2)CCO1. The molecule has 1 heterocycles. The highest BCUT2D eigenvalue weighted by Crippen LogP contribution is 2.13. The Hall–Kier alpha value is -1.30. The van der Waals surface area contributed by atoms with Crippen LogP contribution in [-0.4, -0.2) is 55.1 Å². The molecule has 0 saturated carbocycles. The van der Waals surface area contributed by atoms with Gasteiger partial charge >= 0.3 is 0 Å². The molecule has 1 saturated heterocycles. The largest absolute Gasteiger partial charge is 0.491 e. The van der Waals surface area contributed by atoms with Crippen LogP contribution < -0.4 is 10.5 Å². The molecule has 3 N–H and O–H groups in total. The van der Waals surface area contributed by atoms with Crippen LogP contribution in [0.2, 0.25) is 0 Å². The van der Waals surface area contributed by atoms with Gasteiger partial charge in [0.05, 0.1) is 12.7 Å². The summed E-state index contributed by atoms with van der Waals surface area (Å²) in [5.41, 5.74) is 6.30. The first kappa shape index (κ1) is 14.1. The molecule has 0 spiro atoms. The summed E-state index contributed by atoms with van der Waals surface area (Å²) >= 11 is 0. The monoisotopic (exact) mass is 266 g/mol. The number of anilines is 1. The fraction of sp³-hybridized carbons (Fsp3) is 0.571. The fourth-order valence-corrected chi connectivity index (χ4v) is 2.16. The van der Waals surface area contributed by atoms with Gasteiger partial charge in [0.1, 0.15) is 18.5 Å². The Morgan fingerprint density at radius 2 is 2.21 bits per heavy atom. The van der Waals surface area contributed by atoms with Crippen molar-refractivity contribution in [3.63, 3.8) is 0 Å². The third-order valence-corrected chi connectivity index (χ3v) is 3.12. The minimum Gasteiger partial charge on any atom is -0.491 e. The topological polar surface area (TPSA) is 68.0 Å². The highest BCUT2D eigenvalue weighted by molar-refractivity contribution is 5.41. The Labute approximate surface area is 113 Å². The molecule has 1 aliphatic heterocycles. The molecular formula is C14H22N2O3. The minimum atomic E-state index is -0.497. The zero-order valence-electron chi connectivity index (χ0n) is 11.3. The third kappa shape index (κ3) is 4.70. The van der Waals surface area contributed by atoms with Gasteiger partial charge in [0, 0.05) is 25.3 Å². The molecule has 2 atom stereocenters. The van der Waals surface area contributed by atoms with Gasteiger partial charge in [-0.05, 0) is 31.2 Å². The molecule has 0 aromatic heterocycles. The molecule has 1 aromatic carbocycles. The lowest BCUT2D eigenvalue weighted by Crippen LogP contribution is -2.45. The summed E-state index contributed by atoms with van der Waals surface area (Å²) in [6.45, 7) is 5.40. The standard InChI is InChI=1S/C14H22N2O3/c1-11-8-16(6-7-18-11)9-13(17)10-19-14-4-2-12(15)3-5-14/h2-5,11,13,17H,6-10,15H2,1H3. The van der Waals surface area contributed by atoms with E-state index in [9.17, 15) is 5.11 Å². The summed E-state index contributed by atoms with van der Waals surface area (Å²) in [5, 5.41) is 9.97. The van der Waals surface area contributed by atoms with Crippen LogP contribution in [-0.2, 0) is 4.74 Å². The summed E-state index contributed by atoms with van der Waals surface area (Å²) in [6.07, 6.45) is -0.262. The quantitative estimate of drug-likeness (QED) is 0.769. The van der Waals surface area contributed by atoms with Gasteiger partial charge in [0.15, 0.2) is 0 Å². The average molecular weight is 266 g/mol. The van der Waals surface area contributed by atoms with Crippen LogP contribution in [0.3, 0.4) is 0 Å². The summed E-state index contributed by atoms with van der Waals surface area (Å²) in [6, 6.07) is 7.18. The molecule has 2 unspecified atom stereocenters. The number of nitrogen functional groups attached to an aromatic ring is 1. The number of aliphatic hydroxyl groups excluding tert-OH is 1. The van der Waals surface area contributed by atoms with E-state index < -0.39 is 6.10 Å². The highest BCUT2D eigenvalue weighted by atomic mass is 16.5. The predicted molar refractivity (Wildman–Crippen MR) is 74.2 cm³/mol. The first-order valence-corrected chi connectivity index (χ1v) is 6.64. The van der Waals surface area contributed by atoms with Crippen LogP contribution in [0.15, 0.2) is 24.3 Å². The van der Waals surface area contributed by atoms with Gasteiger partial charge in [-0.25, -0.2) is 0 Å². The lowest BCUT2D eigenvalue weighted by molar-refractivity contribution is -0.0361. The Morgan fingerprint density at radius 3 is 2.89 bits per heavy atom. The molecule has 19 heavy (non-hydrogen) atoms. The number of rotatable bonds is 5. The second-order valence-corrected chi connectivity index (χ2v) is 4.97. The molecule has 0 amide bonds. The molecule has 1 aromatic rings. The average Bonchev–Trinajstić information content (AvgIpc) is 2.38.